The van der Waals surface area contributed by atoms with Crippen molar-refractivity contribution < 1.29 is 5.11 Å². The number of rotatable bonds is 4. The number of nitrogens with zero attached hydrogens (tertiary/aromatic N) is 4. The van der Waals surface area contributed by atoms with Gasteiger partial charge in [0.25, 0.3) is 0 Å². The lowest BCUT2D eigenvalue weighted by Crippen LogP contribution is -2.44. The van der Waals surface area contributed by atoms with Crippen LogP contribution in [-0.4, -0.2) is 21.0 Å². The molecule has 26 heavy (non-hydrogen) atoms. The molecule has 3 N–H and O–H groups in total. The summed E-state index contributed by atoms with van der Waals surface area (Å²) < 4.78 is 0. The van der Waals surface area contributed by atoms with Crippen LogP contribution >= 0.6 is 0 Å². The summed E-state index contributed by atoms with van der Waals surface area (Å²) >= 11 is 0. The summed E-state index contributed by atoms with van der Waals surface area (Å²) in [6.45, 7) is 1.87. The zero-order chi connectivity index (χ0) is 18.0. The van der Waals surface area contributed by atoms with Crippen molar-refractivity contribution in [3.63, 3.8) is 0 Å². The van der Waals surface area contributed by atoms with E-state index in [1.54, 1.807) is 17.3 Å². The molecule has 4 rings (SSSR count). The van der Waals surface area contributed by atoms with E-state index >= 15 is 0 Å². The highest BCUT2D eigenvalue weighted by Gasteiger charge is 2.43. The molecular weight excluding hydrogens is 328 g/mol. The molecule has 1 aliphatic heterocycles. The average molecular weight is 346 g/mol. The van der Waals surface area contributed by atoms with E-state index in [9.17, 15) is 5.11 Å². The Morgan fingerprint density at radius 1 is 1.00 bits per heavy atom. The number of benzene rings is 2. The Morgan fingerprint density at radius 3 is 2.35 bits per heavy atom. The predicted molar refractivity (Wildman–Crippen MR) is 99.6 cm³/mol. The fourth-order valence-corrected chi connectivity index (χ4v) is 2.97. The number of para-hydroxylation sites is 1. The van der Waals surface area contributed by atoms with Gasteiger partial charge in [-0.15, -0.1) is 5.11 Å². The van der Waals surface area contributed by atoms with Crippen LogP contribution in [0, 0.1) is 0 Å². The van der Waals surface area contributed by atoms with Gasteiger partial charge in [-0.3, -0.25) is 5.10 Å². The van der Waals surface area contributed by atoms with Gasteiger partial charge in [-0.2, -0.15) is 15.6 Å². The Labute approximate surface area is 150 Å². The molecule has 0 fully saturated rings. The zero-order valence-corrected chi connectivity index (χ0v) is 14.2. The molecule has 7 nitrogen and oxygen atoms in total. The molecule has 0 amide bonds. The number of aromatic amines is 1. The minimum atomic E-state index is -0.952. The lowest BCUT2D eigenvalue weighted by molar-refractivity contribution is 0.382. The maximum Gasteiger partial charge on any atom is 0.214 e. The van der Waals surface area contributed by atoms with Crippen molar-refractivity contribution in [3.8, 4) is 0 Å². The molecule has 1 aromatic heterocycles. The second-order valence-electron chi connectivity index (χ2n) is 6.06. The number of H-pyrrole nitrogens is 1. The molecule has 2 aromatic carbocycles. The van der Waals surface area contributed by atoms with E-state index in [0.29, 0.717) is 11.4 Å². The third kappa shape index (κ3) is 2.84. The van der Waals surface area contributed by atoms with Gasteiger partial charge in [0.05, 0.1) is 17.5 Å². The third-order valence-electron chi connectivity index (χ3n) is 4.17. The second-order valence-corrected chi connectivity index (χ2v) is 6.06. The van der Waals surface area contributed by atoms with Gasteiger partial charge >= 0.3 is 0 Å². The van der Waals surface area contributed by atoms with Crippen LogP contribution in [-0.2, 0) is 0 Å². The topological polar surface area (TPSA) is 88.9 Å². The van der Waals surface area contributed by atoms with Gasteiger partial charge in [0.2, 0.25) is 5.88 Å². The first-order chi connectivity index (χ1) is 12.7. The monoisotopic (exact) mass is 346 g/mol. The van der Waals surface area contributed by atoms with E-state index in [1.807, 2.05) is 67.6 Å². The number of hydrogen-bond donors (Lipinski definition) is 3. The molecule has 1 atom stereocenters. The van der Waals surface area contributed by atoms with Crippen LogP contribution < -0.4 is 10.4 Å². The van der Waals surface area contributed by atoms with Crippen molar-refractivity contribution in [3.05, 3.63) is 84.4 Å². The van der Waals surface area contributed by atoms with Gasteiger partial charge in [0.15, 0.2) is 11.5 Å². The van der Waals surface area contributed by atoms with Crippen molar-refractivity contribution in [1.29, 1.82) is 0 Å². The smallest absolute Gasteiger partial charge is 0.214 e. The molecule has 1 aliphatic rings. The number of aromatic nitrogens is 2. The van der Waals surface area contributed by atoms with Crippen LogP contribution in [0.2, 0.25) is 0 Å². The Hall–Kier alpha value is -3.45. The molecule has 2 heterocycles. The summed E-state index contributed by atoms with van der Waals surface area (Å²) in [5, 5.41) is 27.9. The predicted octanol–water partition coefficient (Wildman–Crippen LogP) is 4.16. The van der Waals surface area contributed by atoms with Gasteiger partial charge in [0.1, 0.15) is 0 Å². The van der Waals surface area contributed by atoms with Crippen LogP contribution in [0.25, 0.3) is 5.57 Å². The maximum atomic E-state index is 11.0. The highest BCUT2D eigenvalue weighted by Crippen LogP contribution is 2.39. The SMILES string of the molecule is CC1(N=Nc2ccn[nH]2)NN(c2ccccc2)C(O)=C1c1ccccc1. The Morgan fingerprint density at radius 2 is 1.69 bits per heavy atom. The van der Waals surface area contributed by atoms with Gasteiger partial charge in [-0.25, -0.2) is 5.01 Å². The number of nitrogens with one attached hydrogen (secondary N) is 2. The number of hydrogen-bond acceptors (Lipinski definition) is 6. The van der Waals surface area contributed by atoms with Gasteiger partial charge in [-0.1, -0.05) is 48.5 Å². The molecule has 0 saturated carbocycles. The fraction of sp³-hybridized carbons (Fsp3) is 0.105. The summed E-state index contributed by atoms with van der Waals surface area (Å²) in [6, 6.07) is 20.9. The van der Waals surface area contributed by atoms with E-state index in [4.69, 9.17) is 0 Å². The molecule has 0 radical (unpaired) electrons. The third-order valence-corrected chi connectivity index (χ3v) is 4.17. The quantitative estimate of drug-likeness (QED) is 0.619. The van der Waals surface area contributed by atoms with E-state index in [1.165, 1.54) is 0 Å². The van der Waals surface area contributed by atoms with Crippen molar-refractivity contribution in [2.45, 2.75) is 12.6 Å². The Balaban J connectivity index is 1.80. The fourth-order valence-electron chi connectivity index (χ4n) is 2.97. The Bertz CT molecular complexity index is 937. The lowest BCUT2D eigenvalue weighted by atomic mass is 9.96. The van der Waals surface area contributed by atoms with Gasteiger partial charge in [-0.05, 0) is 24.6 Å². The molecular formula is C19H18N6O. The summed E-state index contributed by atoms with van der Waals surface area (Å²) in [6.07, 6.45) is 1.61. The van der Waals surface area contributed by atoms with Crippen LogP contribution in [0.4, 0.5) is 11.5 Å². The summed E-state index contributed by atoms with van der Waals surface area (Å²) in [5.74, 6) is 0.631. The molecule has 7 heteroatoms. The lowest BCUT2D eigenvalue weighted by Gasteiger charge is -2.24. The van der Waals surface area contributed by atoms with Gasteiger partial charge < -0.3 is 5.11 Å². The number of anilines is 1. The Kier molecular flexibility index (Phi) is 3.98. The summed E-state index contributed by atoms with van der Waals surface area (Å²) in [7, 11) is 0. The van der Waals surface area contributed by atoms with Crippen LogP contribution in [0.1, 0.15) is 12.5 Å². The summed E-state index contributed by atoms with van der Waals surface area (Å²) in [4.78, 5) is 0. The zero-order valence-electron chi connectivity index (χ0n) is 14.2. The molecule has 0 bridgehead atoms. The van der Waals surface area contributed by atoms with Crippen LogP contribution in [0.15, 0.2) is 89.0 Å². The minimum absolute atomic E-state index is 0.0912. The first kappa shape index (κ1) is 16.0. The van der Waals surface area contributed by atoms with Crippen LogP contribution in [0.3, 0.4) is 0 Å². The molecule has 0 aliphatic carbocycles. The van der Waals surface area contributed by atoms with Crippen LogP contribution in [0.5, 0.6) is 0 Å². The second kappa shape index (κ2) is 6.45. The standard InChI is InChI=1S/C19H18N6O/c1-19(23-22-16-12-13-20-21-16)17(14-8-4-2-5-9-14)18(26)25(24-19)15-10-6-3-7-11-15/h2-13,24,26H,1H3,(H,20,21). The van der Waals surface area contributed by atoms with Crippen molar-refractivity contribution in [1.82, 2.24) is 15.6 Å². The maximum absolute atomic E-state index is 11.0. The minimum Gasteiger partial charge on any atom is -0.493 e. The molecule has 0 saturated heterocycles. The van der Waals surface area contributed by atoms with E-state index in [-0.39, 0.29) is 5.88 Å². The first-order valence-electron chi connectivity index (χ1n) is 8.22. The summed E-state index contributed by atoms with van der Waals surface area (Å²) in [5.41, 5.74) is 4.62. The number of aliphatic hydroxyl groups is 1. The average Bonchev–Trinajstić information content (AvgIpc) is 3.28. The van der Waals surface area contributed by atoms with E-state index in [0.717, 1.165) is 11.3 Å². The first-order valence-corrected chi connectivity index (χ1v) is 8.22. The number of azo groups is 1. The highest BCUT2D eigenvalue weighted by molar-refractivity contribution is 5.80. The molecule has 0 spiro atoms. The number of aliphatic hydroxyl groups excluding tert-OH is 1. The van der Waals surface area contributed by atoms with Crippen molar-refractivity contribution in [2.24, 2.45) is 10.2 Å². The largest absolute Gasteiger partial charge is 0.493 e. The van der Waals surface area contributed by atoms with Crippen molar-refractivity contribution in [2.75, 3.05) is 5.01 Å². The molecule has 130 valence electrons. The molecule has 3 aromatic rings. The van der Waals surface area contributed by atoms with Crippen molar-refractivity contribution >= 4 is 17.1 Å². The highest BCUT2D eigenvalue weighted by atomic mass is 16.3. The normalized spacial score (nSPS) is 20.3. The van der Waals surface area contributed by atoms with E-state index in [2.05, 4.69) is 25.9 Å². The van der Waals surface area contributed by atoms with E-state index < -0.39 is 5.66 Å². The molecule has 1 unspecified atom stereocenters. The number of hydrazine groups is 1. The van der Waals surface area contributed by atoms with Gasteiger partial charge in [0, 0.05) is 6.07 Å².